The van der Waals surface area contributed by atoms with Crippen molar-refractivity contribution in [3.05, 3.63) is 34.6 Å². The van der Waals surface area contributed by atoms with Gasteiger partial charge in [0.2, 0.25) is 5.91 Å². The third kappa shape index (κ3) is 3.84. The summed E-state index contributed by atoms with van der Waals surface area (Å²) in [6.07, 6.45) is 2.93. The molecule has 0 saturated carbocycles. The van der Waals surface area contributed by atoms with Crippen LogP contribution >= 0.6 is 11.6 Å². The van der Waals surface area contributed by atoms with Crippen molar-refractivity contribution in [2.45, 2.75) is 25.3 Å². The van der Waals surface area contributed by atoms with E-state index in [1.54, 1.807) is 12.1 Å². The number of carbonyl (C=O) groups is 1. The van der Waals surface area contributed by atoms with Gasteiger partial charge in [-0.05, 0) is 44.5 Å². The fourth-order valence-corrected chi connectivity index (χ4v) is 3.67. The van der Waals surface area contributed by atoms with Gasteiger partial charge in [0.25, 0.3) is 0 Å². The van der Waals surface area contributed by atoms with E-state index in [-0.39, 0.29) is 23.7 Å². The summed E-state index contributed by atoms with van der Waals surface area (Å²) in [5.74, 6) is -0.419. The van der Waals surface area contributed by atoms with E-state index in [2.05, 4.69) is 10.2 Å². The summed E-state index contributed by atoms with van der Waals surface area (Å²) < 4.78 is 19.6. The Kier molecular flexibility index (Phi) is 5.51. The van der Waals surface area contributed by atoms with Crippen molar-refractivity contribution in [3.8, 4) is 0 Å². The minimum Gasteiger partial charge on any atom is -0.381 e. The van der Waals surface area contributed by atoms with Crippen LogP contribution in [0.1, 0.15) is 30.9 Å². The van der Waals surface area contributed by atoms with E-state index >= 15 is 0 Å². The molecule has 23 heavy (non-hydrogen) atoms. The van der Waals surface area contributed by atoms with E-state index in [4.69, 9.17) is 16.3 Å². The lowest BCUT2D eigenvalue weighted by Crippen LogP contribution is -2.39. The van der Waals surface area contributed by atoms with Crippen LogP contribution in [0.5, 0.6) is 0 Å². The van der Waals surface area contributed by atoms with Crippen LogP contribution in [0.15, 0.2) is 18.2 Å². The maximum Gasteiger partial charge on any atom is 0.225 e. The summed E-state index contributed by atoms with van der Waals surface area (Å²) >= 11 is 6.25. The first-order valence-electron chi connectivity index (χ1n) is 8.20. The van der Waals surface area contributed by atoms with Crippen LogP contribution in [-0.2, 0) is 9.53 Å². The van der Waals surface area contributed by atoms with Crippen LogP contribution in [0.2, 0.25) is 5.02 Å². The average molecular weight is 341 g/mol. The molecule has 4 nitrogen and oxygen atoms in total. The van der Waals surface area contributed by atoms with Gasteiger partial charge in [-0.3, -0.25) is 9.69 Å². The van der Waals surface area contributed by atoms with Gasteiger partial charge in [0.05, 0.1) is 18.6 Å². The number of ether oxygens (including phenoxy) is 1. The second kappa shape index (κ2) is 7.60. The molecule has 0 radical (unpaired) electrons. The number of halogens is 2. The van der Waals surface area contributed by atoms with Crippen LogP contribution in [0.25, 0.3) is 0 Å². The summed E-state index contributed by atoms with van der Waals surface area (Å²) in [7, 11) is 0. The molecule has 0 aromatic heterocycles. The molecule has 0 unspecified atom stereocenters. The Hall–Kier alpha value is -1.17. The Bertz CT molecular complexity index is 537. The van der Waals surface area contributed by atoms with Crippen molar-refractivity contribution in [1.82, 2.24) is 10.2 Å². The van der Waals surface area contributed by atoms with E-state index in [0.29, 0.717) is 30.3 Å². The fourth-order valence-electron chi connectivity index (χ4n) is 3.38. The zero-order valence-electron chi connectivity index (χ0n) is 13.1. The van der Waals surface area contributed by atoms with Crippen LogP contribution in [0.3, 0.4) is 0 Å². The molecule has 0 bridgehead atoms. The SMILES string of the molecule is O=C(NC[C@@H](c1c(F)cccc1Cl)N1CCCC1)[C@@H]1CCOC1. The van der Waals surface area contributed by atoms with Gasteiger partial charge < -0.3 is 10.1 Å². The predicted octanol–water partition coefficient (Wildman–Crippen LogP) is 2.77. The largest absolute Gasteiger partial charge is 0.381 e. The molecule has 0 spiro atoms. The molecule has 2 aliphatic heterocycles. The van der Waals surface area contributed by atoms with Crippen LogP contribution < -0.4 is 5.32 Å². The summed E-state index contributed by atoms with van der Waals surface area (Å²) in [6.45, 7) is 3.28. The van der Waals surface area contributed by atoms with Gasteiger partial charge in [-0.15, -0.1) is 0 Å². The van der Waals surface area contributed by atoms with Crippen molar-refractivity contribution in [2.24, 2.45) is 5.92 Å². The number of nitrogens with one attached hydrogen (secondary N) is 1. The third-order valence-corrected chi connectivity index (χ3v) is 5.01. The molecule has 1 aromatic rings. The molecule has 3 rings (SSSR count). The minimum atomic E-state index is -0.312. The Labute approximate surface area is 140 Å². The van der Waals surface area contributed by atoms with E-state index < -0.39 is 0 Å². The number of hydrogen-bond donors (Lipinski definition) is 1. The van der Waals surface area contributed by atoms with Crippen LogP contribution in [0.4, 0.5) is 4.39 Å². The zero-order chi connectivity index (χ0) is 16.2. The summed E-state index contributed by atoms with van der Waals surface area (Å²) in [5.41, 5.74) is 0.485. The van der Waals surface area contributed by atoms with E-state index in [1.807, 2.05) is 0 Å². The summed E-state index contributed by atoms with van der Waals surface area (Å²) in [4.78, 5) is 14.4. The second-order valence-corrected chi connectivity index (χ2v) is 6.61. The molecule has 2 fully saturated rings. The summed E-state index contributed by atoms with van der Waals surface area (Å²) in [6, 6.07) is 4.51. The van der Waals surface area contributed by atoms with Crippen molar-refractivity contribution < 1.29 is 13.9 Å². The molecule has 6 heteroatoms. The topological polar surface area (TPSA) is 41.6 Å². The maximum atomic E-state index is 14.3. The Balaban J connectivity index is 1.74. The number of benzene rings is 1. The average Bonchev–Trinajstić information content (AvgIpc) is 3.22. The predicted molar refractivity (Wildman–Crippen MR) is 86.9 cm³/mol. The van der Waals surface area contributed by atoms with E-state index in [1.165, 1.54) is 6.07 Å². The van der Waals surface area contributed by atoms with Crippen LogP contribution in [-0.4, -0.2) is 43.7 Å². The number of carbonyl (C=O) groups excluding carboxylic acids is 1. The molecular formula is C17H22ClFN2O2. The Morgan fingerprint density at radius 1 is 1.43 bits per heavy atom. The lowest BCUT2D eigenvalue weighted by molar-refractivity contribution is -0.125. The van der Waals surface area contributed by atoms with Gasteiger partial charge in [0.1, 0.15) is 5.82 Å². The van der Waals surface area contributed by atoms with Gasteiger partial charge in [0, 0.05) is 23.7 Å². The van der Waals surface area contributed by atoms with E-state index in [9.17, 15) is 9.18 Å². The number of likely N-dealkylation sites (tertiary alicyclic amines) is 1. The molecule has 126 valence electrons. The van der Waals surface area contributed by atoms with Gasteiger partial charge in [0.15, 0.2) is 0 Å². The van der Waals surface area contributed by atoms with Crippen molar-refractivity contribution in [1.29, 1.82) is 0 Å². The zero-order valence-corrected chi connectivity index (χ0v) is 13.8. The highest BCUT2D eigenvalue weighted by Crippen LogP contribution is 2.32. The highest BCUT2D eigenvalue weighted by atomic mass is 35.5. The number of hydrogen-bond acceptors (Lipinski definition) is 3. The van der Waals surface area contributed by atoms with Crippen molar-refractivity contribution in [3.63, 3.8) is 0 Å². The minimum absolute atomic E-state index is 0.0147. The number of rotatable bonds is 5. The van der Waals surface area contributed by atoms with Gasteiger partial charge >= 0.3 is 0 Å². The number of amides is 1. The smallest absolute Gasteiger partial charge is 0.225 e. The number of nitrogens with zero attached hydrogens (tertiary/aromatic N) is 1. The quantitative estimate of drug-likeness (QED) is 0.896. The molecule has 1 aromatic carbocycles. The van der Waals surface area contributed by atoms with Crippen molar-refractivity contribution in [2.75, 3.05) is 32.8 Å². The molecular weight excluding hydrogens is 319 g/mol. The fraction of sp³-hybridized carbons (Fsp3) is 0.588. The van der Waals surface area contributed by atoms with Crippen molar-refractivity contribution >= 4 is 17.5 Å². The molecule has 2 aliphatic rings. The monoisotopic (exact) mass is 340 g/mol. The molecule has 2 heterocycles. The third-order valence-electron chi connectivity index (χ3n) is 4.68. The highest BCUT2D eigenvalue weighted by Gasteiger charge is 2.30. The molecule has 2 saturated heterocycles. The first-order chi connectivity index (χ1) is 11.2. The molecule has 2 atom stereocenters. The normalized spacial score (nSPS) is 23.1. The van der Waals surface area contributed by atoms with E-state index in [0.717, 1.165) is 32.4 Å². The second-order valence-electron chi connectivity index (χ2n) is 6.20. The Morgan fingerprint density at radius 3 is 2.87 bits per heavy atom. The molecule has 1 N–H and O–H groups in total. The first kappa shape index (κ1) is 16.7. The Morgan fingerprint density at radius 2 is 2.22 bits per heavy atom. The summed E-state index contributed by atoms with van der Waals surface area (Å²) in [5, 5.41) is 3.39. The van der Waals surface area contributed by atoms with Gasteiger partial charge in [-0.2, -0.15) is 0 Å². The molecule has 1 amide bonds. The first-order valence-corrected chi connectivity index (χ1v) is 8.58. The maximum absolute atomic E-state index is 14.3. The van der Waals surface area contributed by atoms with Gasteiger partial charge in [-0.1, -0.05) is 17.7 Å². The molecule has 0 aliphatic carbocycles. The highest BCUT2D eigenvalue weighted by molar-refractivity contribution is 6.31. The lowest BCUT2D eigenvalue weighted by atomic mass is 10.0. The van der Waals surface area contributed by atoms with Gasteiger partial charge in [-0.25, -0.2) is 4.39 Å². The standard InChI is InChI=1S/C17H22ClFN2O2/c18-13-4-3-5-14(19)16(13)15(21-7-1-2-8-21)10-20-17(22)12-6-9-23-11-12/h3-5,12,15H,1-2,6-11H2,(H,20,22)/t12-,15+/m1/s1. The van der Waals surface area contributed by atoms with Crippen LogP contribution in [0, 0.1) is 11.7 Å². The lowest BCUT2D eigenvalue weighted by Gasteiger charge is -2.29.